The Hall–Kier alpha value is -3.85. The van der Waals surface area contributed by atoms with Crippen LogP contribution in [-0.4, -0.2) is 55.0 Å². The second-order valence-corrected chi connectivity index (χ2v) is 8.02. The molecule has 2 aromatic carbocycles. The summed E-state index contributed by atoms with van der Waals surface area (Å²) in [5, 5.41) is 7.32. The maximum Gasteiger partial charge on any atom is 0.322 e. The van der Waals surface area contributed by atoms with Crippen LogP contribution in [0.4, 0.5) is 4.79 Å². The van der Waals surface area contributed by atoms with Gasteiger partial charge in [-0.1, -0.05) is 29.4 Å². The van der Waals surface area contributed by atoms with Crippen LogP contribution in [0.25, 0.3) is 17.0 Å². The number of methoxy groups -OCH3 is 2. The van der Waals surface area contributed by atoms with E-state index in [1.165, 1.54) is 0 Å². The fourth-order valence-electron chi connectivity index (χ4n) is 4.08. The molecule has 35 heavy (non-hydrogen) atoms. The molecule has 184 valence electrons. The topological polar surface area (TPSA) is 99.0 Å². The molecule has 9 heteroatoms. The van der Waals surface area contributed by atoms with Gasteiger partial charge in [-0.15, -0.1) is 0 Å². The van der Waals surface area contributed by atoms with E-state index in [0.29, 0.717) is 49.4 Å². The van der Waals surface area contributed by atoms with E-state index in [1.807, 2.05) is 62.4 Å². The number of aromatic nitrogens is 2. The molecule has 1 aliphatic heterocycles. The van der Waals surface area contributed by atoms with E-state index >= 15 is 0 Å². The molecular formula is C26H30N4O5. The van der Waals surface area contributed by atoms with E-state index in [0.717, 1.165) is 22.4 Å². The second kappa shape index (κ2) is 11.1. The second-order valence-electron chi connectivity index (χ2n) is 8.02. The van der Waals surface area contributed by atoms with Crippen LogP contribution >= 0.6 is 0 Å². The number of nitrogens with one attached hydrogen (secondary N) is 1. The summed E-state index contributed by atoms with van der Waals surface area (Å²) in [6.45, 7) is 5.56. The summed E-state index contributed by atoms with van der Waals surface area (Å²) in [4.78, 5) is 19.5. The van der Waals surface area contributed by atoms with Gasteiger partial charge in [-0.25, -0.2) is 4.79 Å². The van der Waals surface area contributed by atoms with Crippen LogP contribution < -0.4 is 14.8 Å². The van der Waals surface area contributed by atoms with E-state index < -0.39 is 6.04 Å². The van der Waals surface area contributed by atoms with Gasteiger partial charge in [0.25, 0.3) is 5.89 Å². The van der Waals surface area contributed by atoms with Crippen molar-refractivity contribution in [2.24, 2.45) is 0 Å². The smallest absolute Gasteiger partial charge is 0.322 e. The lowest BCUT2D eigenvalue weighted by Gasteiger charge is -2.35. The number of hydrogen-bond acceptors (Lipinski definition) is 7. The Morgan fingerprint density at radius 3 is 2.57 bits per heavy atom. The largest absolute Gasteiger partial charge is 0.497 e. The molecule has 0 saturated heterocycles. The fraction of sp³-hybridized carbons (Fsp3) is 0.346. The van der Waals surface area contributed by atoms with Crippen LogP contribution in [-0.2, 0) is 4.74 Å². The van der Waals surface area contributed by atoms with Gasteiger partial charge in [0.15, 0.2) is 0 Å². The number of carbonyl (C=O) groups excluding carboxylic acids is 1. The number of ether oxygens (including phenoxy) is 3. The third-order valence-electron chi connectivity index (χ3n) is 5.88. The number of urea groups is 1. The maximum atomic E-state index is 13.1. The molecule has 2 amide bonds. The normalized spacial score (nSPS) is 15.8. The Bertz CT molecular complexity index is 1210. The van der Waals surface area contributed by atoms with Crippen molar-refractivity contribution >= 4 is 11.6 Å². The van der Waals surface area contributed by atoms with Crippen LogP contribution in [0.5, 0.6) is 11.5 Å². The van der Waals surface area contributed by atoms with Crippen molar-refractivity contribution in [2.75, 3.05) is 34.0 Å². The van der Waals surface area contributed by atoms with Crippen molar-refractivity contribution in [1.82, 2.24) is 20.4 Å². The molecule has 1 aliphatic rings. The molecular weight excluding hydrogens is 448 g/mol. The summed E-state index contributed by atoms with van der Waals surface area (Å²) in [7, 11) is 3.22. The van der Waals surface area contributed by atoms with Crippen molar-refractivity contribution in [3.63, 3.8) is 0 Å². The molecule has 3 aromatic rings. The molecule has 0 fully saturated rings. The van der Waals surface area contributed by atoms with E-state index in [2.05, 4.69) is 10.5 Å². The molecule has 0 bridgehead atoms. The molecule has 1 unspecified atom stereocenters. The number of benzene rings is 2. The lowest BCUT2D eigenvalue weighted by atomic mass is 9.94. The first kappa shape index (κ1) is 24.3. The Labute approximate surface area is 204 Å². The SMILES string of the molecule is CCOCCCN1C(=O)NC(c2cccc(OC)c2)C(c2nc(-c3cccc(OC)c3)no2)=C1C. The molecule has 9 nitrogen and oxygen atoms in total. The van der Waals surface area contributed by atoms with Gasteiger partial charge < -0.3 is 24.1 Å². The van der Waals surface area contributed by atoms with Gasteiger partial charge in [0.05, 0.1) is 25.8 Å². The zero-order valence-electron chi connectivity index (χ0n) is 20.4. The minimum absolute atomic E-state index is 0.192. The van der Waals surface area contributed by atoms with E-state index in [4.69, 9.17) is 23.7 Å². The summed E-state index contributed by atoms with van der Waals surface area (Å²) >= 11 is 0. The lowest BCUT2D eigenvalue weighted by molar-refractivity contribution is 0.136. The fourth-order valence-corrected chi connectivity index (χ4v) is 4.08. The quantitative estimate of drug-likeness (QED) is 0.423. The summed E-state index contributed by atoms with van der Waals surface area (Å²) < 4.78 is 21.9. The number of carbonyl (C=O) groups is 1. The average Bonchev–Trinajstić information content (AvgIpc) is 3.37. The van der Waals surface area contributed by atoms with Gasteiger partial charge in [-0.3, -0.25) is 4.90 Å². The maximum absolute atomic E-state index is 13.1. The van der Waals surface area contributed by atoms with E-state index in [-0.39, 0.29) is 6.03 Å². The molecule has 1 N–H and O–H groups in total. The minimum Gasteiger partial charge on any atom is -0.497 e. The molecule has 0 radical (unpaired) electrons. The summed E-state index contributed by atoms with van der Waals surface area (Å²) in [6, 6.07) is 14.4. The van der Waals surface area contributed by atoms with Gasteiger partial charge in [0.1, 0.15) is 11.5 Å². The van der Waals surface area contributed by atoms with Crippen molar-refractivity contribution in [3.8, 4) is 22.9 Å². The highest BCUT2D eigenvalue weighted by atomic mass is 16.5. The van der Waals surface area contributed by atoms with Gasteiger partial charge >= 0.3 is 6.03 Å². The Kier molecular flexibility index (Phi) is 7.67. The van der Waals surface area contributed by atoms with Crippen molar-refractivity contribution in [2.45, 2.75) is 26.3 Å². The molecule has 0 spiro atoms. The van der Waals surface area contributed by atoms with Crippen LogP contribution in [0.3, 0.4) is 0 Å². The van der Waals surface area contributed by atoms with Gasteiger partial charge in [-0.05, 0) is 50.1 Å². The van der Waals surface area contributed by atoms with Gasteiger partial charge in [0.2, 0.25) is 5.82 Å². The first-order valence-electron chi connectivity index (χ1n) is 11.5. The molecule has 1 aromatic heterocycles. The van der Waals surface area contributed by atoms with E-state index in [1.54, 1.807) is 19.1 Å². The Morgan fingerprint density at radius 1 is 1.09 bits per heavy atom. The molecule has 1 atom stereocenters. The number of allylic oxidation sites excluding steroid dienone is 1. The highest BCUT2D eigenvalue weighted by Crippen LogP contribution is 2.38. The highest BCUT2D eigenvalue weighted by molar-refractivity contribution is 5.87. The van der Waals surface area contributed by atoms with Crippen LogP contribution in [0, 0.1) is 0 Å². The standard InChI is InChI=1S/C26H30N4O5/c1-5-34-14-8-13-30-17(2)22(23(27-26(30)31)18-9-6-11-20(15-18)32-3)25-28-24(29-35-25)19-10-7-12-21(16-19)33-4/h6-7,9-12,15-16,23H,5,8,13-14H2,1-4H3,(H,27,31). The highest BCUT2D eigenvalue weighted by Gasteiger charge is 2.35. The predicted octanol–water partition coefficient (Wildman–Crippen LogP) is 4.68. The van der Waals surface area contributed by atoms with Gasteiger partial charge in [0, 0.05) is 31.0 Å². The number of nitrogens with zero attached hydrogens (tertiary/aromatic N) is 3. The van der Waals surface area contributed by atoms with Gasteiger partial charge in [-0.2, -0.15) is 4.98 Å². The van der Waals surface area contributed by atoms with Crippen molar-refractivity contribution in [3.05, 3.63) is 65.7 Å². The molecule has 2 heterocycles. The van der Waals surface area contributed by atoms with Crippen LogP contribution in [0.1, 0.15) is 37.8 Å². The first-order chi connectivity index (χ1) is 17.0. The van der Waals surface area contributed by atoms with Crippen LogP contribution in [0.15, 0.2) is 58.8 Å². The summed E-state index contributed by atoms with van der Waals surface area (Å²) in [5.74, 6) is 2.16. The summed E-state index contributed by atoms with van der Waals surface area (Å²) in [5.41, 5.74) is 3.10. The Morgan fingerprint density at radius 2 is 1.83 bits per heavy atom. The molecule has 0 aliphatic carbocycles. The predicted molar refractivity (Wildman–Crippen MR) is 131 cm³/mol. The zero-order valence-corrected chi connectivity index (χ0v) is 20.4. The number of hydrogen-bond donors (Lipinski definition) is 1. The minimum atomic E-state index is -0.487. The summed E-state index contributed by atoms with van der Waals surface area (Å²) in [6.07, 6.45) is 0.703. The number of amides is 2. The lowest BCUT2D eigenvalue weighted by Crippen LogP contribution is -2.46. The third-order valence-corrected chi connectivity index (χ3v) is 5.88. The van der Waals surface area contributed by atoms with E-state index in [9.17, 15) is 4.79 Å². The first-order valence-corrected chi connectivity index (χ1v) is 11.5. The molecule has 0 saturated carbocycles. The van der Waals surface area contributed by atoms with Crippen LogP contribution in [0.2, 0.25) is 0 Å². The van der Waals surface area contributed by atoms with Crippen molar-refractivity contribution < 1.29 is 23.5 Å². The zero-order chi connectivity index (χ0) is 24.8. The third kappa shape index (κ3) is 5.30. The number of rotatable bonds is 10. The van der Waals surface area contributed by atoms with Crippen molar-refractivity contribution in [1.29, 1.82) is 0 Å². The average molecular weight is 479 g/mol. The Balaban J connectivity index is 1.75. The molecule has 4 rings (SSSR count). The monoisotopic (exact) mass is 478 g/mol.